The molecule has 27 heavy (non-hydrogen) atoms. The van der Waals surface area contributed by atoms with Crippen molar-refractivity contribution >= 4 is 40.1 Å². The smallest absolute Gasteiger partial charge is 0.304 e. The molecule has 1 heterocycles. The highest BCUT2D eigenvalue weighted by atomic mass is 32.2. The predicted octanol–water partition coefficient (Wildman–Crippen LogP) is 4.19. The van der Waals surface area contributed by atoms with Gasteiger partial charge in [0.25, 0.3) is 0 Å². The molecule has 1 aromatic heterocycles. The average molecular weight is 380 g/mol. The van der Waals surface area contributed by atoms with E-state index in [4.69, 9.17) is 10.8 Å². The van der Waals surface area contributed by atoms with Gasteiger partial charge in [-0.25, -0.2) is 0 Å². The molecule has 4 N–H and O–H groups in total. The molecule has 4 rings (SSSR count). The number of aliphatic carboxylic acids is 1. The summed E-state index contributed by atoms with van der Waals surface area (Å²) in [6.07, 6.45) is 0.109. The summed E-state index contributed by atoms with van der Waals surface area (Å²) in [6, 6.07) is 11.3. The molecule has 0 fully saturated rings. The molecule has 0 aliphatic heterocycles. The van der Waals surface area contributed by atoms with Crippen molar-refractivity contribution in [3.05, 3.63) is 58.8 Å². The fourth-order valence-corrected chi connectivity index (χ4v) is 4.65. The first-order valence-electron chi connectivity index (χ1n) is 8.74. The summed E-state index contributed by atoms with van der Waals surface area (Å²) >= 11 is 1.49. The van der Waals surface area contributed by atoms with Crippen LogP contribution in [-0.2, 0) is 10.2 Å². The number of nitrogens with one attached hydrogen (secondary N) is 1. The Hall–Kier alpha value is -2.73. The summed E-state index contributed by atoms with van der Waals surface area (Å²) in [5.41, 5.74) is 10.3. The average Bonchev–Trinajstić information content (AvgIpc) is 2.99. The minimum Gasteiger partial charge on any atom is -0.481 e. The number of hydrogen-bond donors (Lipinski definition) is 3. The molecule has 1 aliphatic rings. The van der Waals surface area contributed by atoms with Crippen LogP contribution in [0.5, 0.6) is 0 Å². The second kappa shape index (κ2) is 6.16. The minimum atomic E-state index is -0.807. The van der Waals surface area contributed by atoms with Crippen molar-refractivity contribution in [1.82, 2.24) is 4.98 Å². The van der Waals surface area contributed by atoms with Gasteiger partial charge >= 0.3 is 5.97 Å². The topological polar surface area (TPSA) is 96.2 Å². The number of aromatic amines is 1. The number of fused-ring (bicyclic) bond motifs is 4. The molecule has 0 unspecified atom stereocenters. The molecule has 0 saturated carbocycles. The number of thioether (sulfide) groups is 1. The molecular formula is C21H20N2O3S. The quantitative estimate of drug-likeness (QED) is 0.466. The number of ketones is 1. The van der Waals surface area contributed by atoms with E-state index in [9.17, 15) is 9.59 Å². The maximum absolute atomic E-state index is 13.2. The number of carboxylic acids is 1. The normalized spacial score (nSPS) is 14.8. The number of hydrogen-bond acceptors (Lipinski definition) is 4. The van der Waals surface area contributed by atoms with Crippen LogP contribution in [0.25, 0.3) is 10.9 Å². The molecular weight excluding hydrogens is 360 g/mol. The lowest BCUT2D eigenvalue weighted by Gasteiger charge is -2.32. The maximum Gasteiger partial charge on any atom is 0.304 e. The van der Waals surface area contributed by atoms with Crippen LogP contribution in [-0.4, -0.2) is 27.6 Å². The van der Waals surface area contributed by atoms with Gasteiger partial charge in [-0.3, -0.25) is 9.59 Å². The van der Waals surface area contributed by atoms with E-state index in [-0.39, 0.29) is 17.6 Å². The van der Waals surface area contributed by atoms with Gasteiger partial charge in [0.15, 0.2) is 5.78 Å². The third-order valence-corrected chi connectivity index (χ3v) is 6.16. The zero-order chi connectivity index (χ0) is 19.3. The van der Waals surface area contributed by atoms with Crippen LogP contribution in [0, 0.1) is 0 Å². The Balaban J connectivity index is 1.81. The van der Waals surface area contributed by atoms with Gasteiger partial charge in [-0.2, -0.15) is 0 Å². The number of carbonyl (C=O) groups is 2. The van der Waals surface area contributed by atoms with Crippen molar-refractivity contribution in [2.45, 2.75) is 30.6 Å². The predicted molar refractivity (Wildman–Crippen MR) is 108 cm³/mol. The summed E-state index contributed by atoms with van der Waals surface area (Å²) in [4.78, 5) is 28.4. The first-order chi connectivity index (χ1) is 12.8. The molecule has 2 aromatic carbocycles. The van der Waals surface area contributed by atoms with Crippen LogP contribution in [0.1, 0.15) is 47.4 Å². The van der Waals surface area contributed by atoms with Gasteiger partial charge in [0, 0.05) is 43.9 Å². The van der Waals surface area contributed by atoms with Crippen LogP contribution < -0.4 is 5.73 Å². The maximum atomic E-state index is 13.2. The second-order valence-electron chi connectivity index (χ2n) is 7.33. The van der Waals surface area contributed by atoms with Gasteiger partial charge in [-0.1, -0.05) is 19.9 Å². The second-order valence-corrected chi connectivity index (χ2v) is 8.50. The van der Waals surface area contributed by atoms with Gasteiger partial charge in [0.05, 0.1) is 12.0 Å². The highest BCUT2D eigenvalue weighted by Crippen LogP contribution is 2.44. The Bertz CT molecular complexity index is 1100. The van der Waals surface area contributed by atoms with E-state index >= 15 is 0 Å². The summed E-state index contributed by atoms with van der Waals surface area (Å²) in [7, 11) is 0. The fraction of sp³-hybridized carbons (Fsp3) is 0.238. The number of aromatic nitrogens is 1. The molecule has 6 heteroatoms. The van der Waals surface area contributed by atoms with Gasteiger partial charge in [0.2, 0.25) is 0 Å². The Kier molecular flexibility index (Phi) is 4.03. The van der Waals surface area contributed by atoms with Gasteiger partial charge in [-0.15, -0.1) is 11.8 Å². The zero-order valence-corrected chi connectivity index (χ0v) is 15.9. The molecule has 1 aliphatic carbocycles. The summed E-state index contributed by atoms with van der Waals surface area (Å²) < 4.78 is 0. The highest BCUT2D eigenvalue weighted by molar-refractivity contribution is 7.99. The Morgan fingerprint density at radius 2 is 2.00 bits per heavy atom. The van der Waals surface area contributed by atoms with Gasteiger partial charge in [-0.05, 0) is 35.9 Å². The monoisotopic (exact) mass is 380 g/mol. The Morgan fingerprint density at radius 1 is 1.22 bits per heavy atom. The van der Waals surface area contributed by atoms with Crippen LogP contribution in [0.3, 0.4) is 0 Å². The molecule has 0 spiro atoms. The number of nitrogens with two attached hydrogens (primary N) is 1. The minimum absolute atomic E-state index is 0.0115. The van der Waals surface area contributed by atoms with Crippen molar-refractivity contribution in [1.29, 1.82) is 0 Å². The largest absolute Gasteiger partial charge is 0.481 e. The third-order valence-electron chi connectivity index (χ3n) is 5.17. The molecule has 138 valence electrons. The van der Waals surface area contributed by atoms with E-state index in [0.717, 1.165) is 27.1 Å². The molecule has 0 radical (unpaired) electrons. The van der Waals surface area contributed by atoms with Crippen molar-refractivity contribution in [3.8, 4) is 0 Å². The number of benzene rings is 2. The number of rotatable bonds is 4. The molecule has 0 amide bonds. The summed E-state index contributed by atoms with van der Waals surface area (Å²) in [5.74, 6) is -0.297. The van der Waals surface area contributed by atoms with E-state index in [1.54, 1.807) is 0 Å². The SMILES string of the molecule is CC1(C)c2cc(SCCC(=O)O)ccc2C(=O)c2c1[nH]c1cc(N)ccc21. The van der Waals surface area contributed by atoms with E-state index in [1.165, 1.54) is 11.8 Å². The first-order valence-corrected chi connectivity index (χ1v) is 9.73. The summed E-state index contributed by atoms with van der Waals surface area (Å²) in [5, 5.41) is 9.72. The Morgan fingerprint density at radius 3 is 2.74 bits per heavy atom. The number of carboxylic acid groups (broad SMARTS) is 1. The fourth-order valence-electron chi connectivity index (χ4n) is 3.77. The molecule has 0 saturated heterocycles. The van der Waals surface area contributed by atoms with Crippen LogP contribution in [0.4, 0.5) is 5.69 Å². The number of anilines is 1. The molecule has 5 nitrogen and oxygen atoms in total. The number of carbonyl (C=O) groups excluding carboxylic acids is 1. The molecule has 0 bridgehead atoms. The standard InChI is InChI=1S/C21H20N2O3S/c1-21(2)15-10-12(27-8-7-17(24)25)4-6-13(15)19(26)18-14-5-3-11(22)9-16(14)23-20(18)21/h3-6,9-10,23H,7-8,22H2,1-2H3,(H,24,25). The van der Waals surface area contributed by atoms with E-state index in [1.807, 2.05) is 36.4 Å². The lowest BCUT2D eigenvalue weighted by molar-refractivity contribution is -0.136. The van der Waals surface area contributed by atoms with E-state index in [2.05, 4.69) is 18.8 Å². The van der Waals surface area contributed by atoms with Crippen molar-refractivity contribution in [2.24, 2.45) is 0 Å². The first kappa shape index (κ1) is 17.7. The zero-order valence-electron chi connectivity index (χ0n) is 15.1. The van der Waals surface area contributed by atoms with Gasteiger partial charge < -0.3 is 15.8 Å². The lowest BCUT2D eigenvalue weighted by atomic mass is 9.71. The molecule has 3 aromatic rings. The van der Waals surface area contributed by atoms with Crippen LogP contribution >= 0.6 is 11.8 Å². The van der Waals surface area contributed by atoms with E-state index in [0.29, 0.717) is 22.6 Å². The van der Waals surface area contributed by atoms with Crippen molar-refractivity contribution in [2.75, 3.05) is 11.5 Å². The highest BCUT2D eigenvalue weighted by Gasteiger charge is 2.39. The Labute approximate surface area is 161 Å². The lowest BCUT2D eigenvalue weighted by Crippen LogP contribution is -2.30. The number of H-pyrrole nitrogens is 1. The van der Waals surface area contributed by atoms with Crippen LogP contribution in [0.2, 0.25) is 0 Å². The van der Waals surface area contributed by atoms with Gasteiger partial charge in [0.1, 0.15) is 0 Å². The van der Waals surface area contributed by atoms with E-state index < -0.39 is 5.97 Å². The van der Waals surface area contributed by atoms with Crippen molar-refractivity contribution in [3.63, 3.8) is 0 Å². The summed E-state index contributed by atoms with van der Waals surface area (Å²) in [6.45, 7) is 4.20. The van der Waals surface area contributed by atoms with Crippen LogP contribution in [0.15, 0.2) is 41.3 Å². The van der Waals surface area contributed by atoms with Crippen molar-refractivity contribution < 1.29 is 14.7 Å². The molecule has 0 atom stereocenters. The third kappa shape index (κ3) is 2.80. The number of nitrogen functional groups attached to an aromatic ring is 1.